The number of rotatable bonds is 2. The molecule has 0 heterocycles. The molecule has 3 N–H and O–H groups in total. The van der Waals surface area contributed by atoms with Gasteiger partial charge in [0.2, 0.25) is 5.91 Å². The van der Waals surface area contributed by atoms with Gasteiger partial charge in [-0.05, 0) is 0 Å². The Morgan fingerprint density at radius 2 is 2.11 bits per heavy atom. The van der Waals surface area contributed by atoms with Crippen molar-refractivity contribution in [2.75, 3.05) is 6.26 Å². The summed E-state index contributed by atoms with van der Waals surface area (Å²) >= 11 is 0. The molecule has 0 radical (unpaired) electrons. The van der Waals surface area contributed by atoms with Crippen LogP contribution < -0.4 is 4.72 Å². The predicted octanol–water partition coefficient (Wildman–Crippen LogP) is 0.808. The van der Waals surface area contributed by atoms with Gasteiger partial charge in [0.05, 0.1) is 0 Å². The van der Waals surface area contributed by atoms with Crippen LogP contribution in [0.15, 0.2) is 0 Å². The summed E-state index contributed by atoms with van der Waals surface area (Å²) in [6, 6.07) is 0. The van der Waals surface area contributed by atoms with Gasteiger partial charge in [-0.3, -0.25) is 18.6 Å². The monoisotopic (exact) mass is 153 g/mol. The average Bonchev–Trinajstić information content (AvgIpc) is 1.62. The normalized spacial score (nSPS) is 12.9. The predicted molar refractivity (Wildman–Crippen MR) is 37.2 cm³/mol. The van der Waals surface area contributed by atoms with Crippen LogP contribution in [0.2, 0.25) is 0 Å². The fourth-order valence-electron chi connectivity index (χ4n) is 0.288. The fraction of sp³-hybridized carbons (Fsp3) is 0.750. The van der Waals surface area contributed by atoms with Crippen molar-refractivity contribution < 1.29 is 13.9 Å². The summed E-state index contributed by atoms with van der Waals surface area (Å²) in [4.78, 5) is 10.4. The van der Waals surface area contributed by atoms with Gasteiger partial charge >= 0.3 is 0 Å². The van der Waals surface area contributed by atoms with Crippen LogP contribution in [0.25, 0.3) is 0 Å². The van der Waals surface area contributed by atoms with Gasteiger partial charge in [-0.1, -0.05) is 6.92 Å². The maximum atomic E-state index is 10.4. The molecule has 0 fully saturated rings. The van der Waals surface area contributed by atoms with Crippen molar-refractivity contribution in [2.24, 2.45) is 0 Å². The Labute approximate surface area is 55.7 Å². The maximum Gasteiger partial charge on any atom is 0.237 e. The molecule has 0 aliphatic carbocycles. The minimum atomic E-state index is -2.83. The van der Waals surface area contributed by atoms with E-state index in [0.29, 0.717) is 0 Å². The van der Waals surface area contributed by atoms with Crippen LogP contribution in [-0.4, -0.2) is 21.3 Å². The van der Waals surface area contributed by atoms with Gasteiger partial charge < -0.3 is 0 Å². The number of nitrogens with one attached hydrogen (secondary N) is 1. The van der Waals surface area contributed by atoms with Gasteiger partial charge in [-0.25, -0.2) is 0 Å². The molecule has 0 saturated heterocycles. The van der Waals surface area contributed by atoms with Crippen molar-refractivity contribution in [3.63, 3.8) is 0 Å². The van der Waals surface area contributed by atoms with E-state index in [1.807, 2.05) is 4.72 Å². The minimum absolute atomic E-state index is 0.268. The smallest absolute Gasteiger partial charge is 0.237 e. The molecule has 5 heteroatoms. The van der Waals surface area contributed by atoms with Crippen LogP contribution in [-0.2, 0) is 4.79 Å². The van der Waals surface area contributed by atoms with Crippen LogP contribution in [0.1, 0.15) is 13.3 Å². The molecule has 56 valence electrons. The minimum Gasteiger partial charge on any atom is -0.282 e. The Morgan fingerprint density at radius 1 is 1.67 bits per heavy atom. The molecule has 0 aliphatic rings. The zero-order chi connectivity index (χ0) is 7.49. The fourth-order valence-corrected chi connectivity index (χ4v) is 0.863. The van der Waals surface area contributed by atoms with Crippen molar-refractivity contribution >= 4 is 16.7 Å². The third-order valence-corrected chi connectivity index (χ3v) is 1.24. The summed E-state index contributed by atoms with van der Waals surface area (Å²) in [6.45, 7) is 1.64. The van der Waals surface area contributed by atoms with Gasteiger partial charge in [0.15, 0.2) is 0 Å². The van der Waals surface area contributed by atoms with E-state index < -0.39 is 10.8 Å². The molecule has 1 amide bonds. The highest BCUT2D eigenvalue weighted by atomic mass is 32.3. The first-order chi connectivity index (χ1) is 3.95. The lowest BCUT2D eigenvalue weighted by molar-refractivity contribution is -0.119. The molecule has 0 aromatic carbocycles. The van der Waals surface area contributed by atoms with Gasteiger partial charge in [-0.2, -0.15) is 0 Å². The van der Waals surface area contributed by atoms with Gasteiger partial charge in [0.1, 0.15) is 0 Å². The summed E-state index contributed by atoms with van der Waals surface area (Å²) in [7, 11) is -2.83. The van der Waals surface area contributed by atoms with Gasteiger partial charge in [0, 0.05) is 12.7 Å². The van der Waals surface area contributed by atoms with E-state index in [1.54, 1.807) is 6.92 Å². The van der Waals surface area contributed by atoms with Crippen molar-refractivity contribution in [3.05, 3.63) is 0 Å². The Bertz CT molecular complexity index is 109. The van der Waals surface area contributed by atoms with E-state index in [1.165, 1.54) is 6.26 Å². The van der Waals surface area contributed by atoms with Crippen LogP contribution in [0.4, 0.5) is 0 Å². The first-order valence-corrected chi connectivity index (χ1v) is 4.45. The Kier molecular flexibility index (Phi) is 2.96. The highest BCUT2D eigenvalue weighted by Gasteiger charge is 2.05. The van der Waals surface area contributed by atoms with E-state index in [2.05, 4.69) is 0 Å². The largest absolute Gasteiger partial charge is 0.282 e. The number of hydrogen-bond acceptors (Lipinski definition) is 3. The summed E-state index contributed by atoms with van der Waals surface area (Å²) in [6.07, 6.45) is 1.43. The molecule has 0 atom stereocenters. The lowest BCUT2D eigenvalue weighted by Crippen LogP contribution is -2.25. The molecule has 0 aliphatic heterocycles. The second-order valence-electron chi connectivity index (χ2n) is 1.71. The molecule has 0 bridgehead atoms. The van der Waals surface area contributed by atoms with E-state index in [9.17, 15) is 4.79 Å². The highest BCUT2D eigenvalue weighted by molar-refractivity contribution is 8.22. The van der Waals surface area contributed by atoms with Crippen LogP contribution in [0, 0.1) is 0 Å². The topological polar surface area (TPSA) is 69.6 Å². The highest BCUT2D eigenvalue weighted by Crippen LogP contribution is 2.26. The number of hydrogen-bond donors (Lipinski definition) is 3. The molecule has 0 saturated carbocycles. The van der Waals surface area contributed by atoms with E-state index >= 15 is 0 Å². The number of carbonyl (C=O) groups is 1. The average molecular weight is 153 g/mol. The summed E-state index contributed by atoms with van der Waals surface area (Å²) < 4.78 is 19.3. The van der Waals surface area contributed by atoms with Crippen molar-refractivity contribution in [3.8, 4) is 0 Å². The first kappa shape index (κ1) is 8.74. The molecular weight excluding hydrogens is 142 g/mol. The molecule has 0 aromatic rings. The van der Waals surface area contributed by atoms with E-state index in [-0.39, 0.29) is 12.3 Å². The molecular formula is C4H11NO3S. The van der Waals surface area contributed by atoms with Gasteiger partial charge in [-0.15, -0.1) is 10.8 Å². The Hall–Kier alpha value is -0.260. The lowest BCUT2D eigenvalue weighted by Gasteiger charge is -2.26. The van der Waals surface area contributed by atoms with E-state index in [4.69, 9.17) is 9.11 Å². The zero-order valence-corrected chi connectivity index (χ0v) is 6.23. The molecule has 0 spiro atoms. The summed E-state index contributed by atoms with van der Waals surface area (Å²) in [5.74, 6) is -0.350. The number of amides is 1. The van der Waals surface area contributed by atoms with Crippen LogP contribution in [0.5, 0.6) is 0 Å². The van der Waals surface area contributed by atoms with Crippen molar-refractivity contribution in [1.82, 2.24) is 4.72 Å². The Morgan fingerprint density at radius 3 is 2.22 bits per heavy atom. The van der Waals surface area contributed by atoms with E-state index in [0.717, 1.165) is 0 Å². The van der Waals surface area contributed by atoms with Gasteiger partial charge in [0.25, 0.3) is 0 Å². The van der Waals surface area contributed by atoms with Crippen LogP contribution in [0.3, 0.4) is 0 Å². The SMILES string of the molecule is CCC(=O)NS(C)(O)O. The molecule has 4 nitrogen and oxygen atoms in total. The second-order valence-corrected chi connectivity index (χ2v) is 3.58. The Balaban J connectivity index is 3.60. The zero-order valence-electron chi connectivity index (χ0n) is 5.42. The molecule has 0 unspecified atom stereocenters. The van der Waals surface area contributed by atoms with Crippen molar-refractivity contribution in [2.45, 2.75) is 13.3 Å². The van der Waals surface area contributed by atoms with Crippen LogP contribution >= 0.6 is 10.8 Å². The summed E-state index contributed by atoms with van der Waals surface area (Å²) in [5, 5.41) is 0. The third kappa shape index (κ3) is 5.61. The molecule has 0 aromatic heterocycles. The third-order valence-electron chi connectivity index (χ3n) is 0.628. The first-order valence-electron chi connectivity index (χ1n) is 2.49. The second kappa shape index (κ2) is 3.05. The molecule has 9 heavy (non-hydrogen) atoms. The maximum absolute atomic E-state index is 10.4. The number of carbonyl (C=O) groups excluding carboxylic acids is 1. The standard InChI is InChI=1S/C4H11NO3S/c1-3-4(6)5-9(2,7)8/h7-8H,3H2,1-2H3,(H,5,6). The van der Waals surface area contributed by atoms with Crippen molar-refractivity contribution in [1.29, 1.82) is 0 Å². The quantitative estimate of drug-likeness (QED) is 0.549. The summed E-state index contributed by atoms with van der Waals surface area (Å²) in [5.41, 5.74) is 0. The lowest BCUT2D eigenvalue weighted by atomic mass is 10.5. The molecule has 0 rings (SSSR count).